The Morgan fingerprint density at radius 1 is 0.694 bits per heavy atom. The van der Waals surface area contributed by atoms with Gasteiger partial charge in [-0.1, -0.05) is 38.1 Å². The first-order valence-corrected chi connectivity index (χ1v) is 11.7. The van der Waals surface area contributed by atoms with Crippen molar-refractivity contribution >= 4 is 21.9 Å². The molecule has 0 saturated heterocycles. The Balaban J connectivity index is 1.90. The number of phenolic OH excluding ortho intramolecular Hbond substituents is 1. The topological polar surface area (TPSA) is 121 Å². The molecule has 7 nitrogen and oxygen atoms in total. The summed E-state index contributed by atoms with van der Waals surface area (Å²) in [6.07, 6.45) is 1.38. The lowest BCUT2D eigenvalue weighted by Gasteiger charge is -2.20. The minimum Gasteiger partial charge on any atom is -0.508 e. The number of aryl methyl sites for hydroxylation is 2. The molecule has 0 bridgehead atoms. The minimum atomic E-state index is -1.28. The second kappa shape index (κ2) is 8.92. The SMILES string of the molecule is CCc1ccc2oc(=O)c(C(c3cccc(O)c3)c3c(O)c4cc(CC)ccc4oc3=O)c(O)c2c1. The van der Waals surface area contributed by atoms with Crippen LogP contribution in [0.2, 0.25) is 0 Å². The normalized spacial score (nSPS) is 11.5. The van der Waals surface area contributed by atoms with E-state index in [0.717, 1.165) is 11.1 Å². The van der Waals surface area contributed by atoms with E-state index in [-0.39, 0.29) is 45.1 Å². The monoisotopic (exact) mass is 484 g/mol. The highest BCUT2D eigenvalue weighted by atomic mass is 16.4. The summed E-state index contributed by atoms with van der Waals surface area (Å²) < 4.78 is 11.1. The molecule has 5 rings (SSSR count). The maximum Gasteiger partial charge on any atom is 0.344 e. The van der Waals surface area contributed by atoms with E-state index in [1.54, 1.807) is 48.5 Å². The first-order chi connectivity index (χ1) is 17.3. The third-order valence-electron chi connectivity index (χ3n) is 6.55. The lowest BCUT2D eigenvalue weighted by atomic mass is 9.84. The summed E-state index contributed by atoms with van der Waals surface area (Å²) in [4.78, 5) is 26.5. The predicted octanol–water partition coefficient (Wildman–Crippen LogP) is 5.32. The van der Waals surface area contributed by atoms with Gasteiger partial charge in [0.2, 0.25) is 0 Å². The molecule has 2 heterocycles. The van der Waals surface area contributed by atoms with E-state index >= 15 is 0 Å². The molecule has 0 aliphatic carbocycles. The van der Waals surface area contributed by atoms with Gasteiger partial charge in [0.05, 0.1) is 27.8 Å². The van der Waals surface area contributed by atoms with Crippen molar-refractivity contribution in [3.63, 3.8) is 0 Å². The Morgan fingerprint density at radius 3 is 1.64 bits per heavy atom. The van der Waals surface area contributed by atoms with Crippen LogP contribution in [0.1, 0.15) is 47.6 Å². The van der Waals surface area contributed by atoms with E-state index < -0.39 is 17.2 Å². The van der Waals surface area contributed by atoms with Crippen LogP contribution in [-0.4, -0.2) is 15.3 Å². The Bertz CT molecular complexity index is 1640. The molecule has 0 spiro atoms. The predicted molar refractivity (Wildman–Crippen MR) is 136 cm³/mol. The first-order valence-electron chi connectivity index (χ1n) is 11.7. The van der Waals surface area contributed by atoms with Crippen molar-refractivity contribution in [2.24, 2.45) is 0 Å². The van der Waals surface area contributed by atoms with E-state index in [1.807, 2.05) is 13.8 Å². The minimum absolute atomic E-state index is 0.117. The summed E-state index contributed by atoms with van der Waals surface area (Å²) in [6.45, 7) is 3.91. The summed E-state index contributed by atoms with van der Waals surface area (Å²) in [6, 6.07) is 16.2. The van der Waals surface area contributed by atoms with E-state index in [9.17, 15) is 24.9 Å². The second-order valence-corrected chi connectivity index (χ2v) is 8.70. The van der Waals surface area contributed by atoms with Crippen molar-refractivity contribution in [3.05, 3.63) is 109 Å². The zero-order valence-electron chi connectivity index (χ0n) is 19.7. The average molecular weight is 485 g/mol. The third-order valence-corrected chi connectivity index (χ3v) is 6.55. The molecule has 36 heavy (non-hydrogen) atoms. The quantitative estimate of drug-likeness (QED) is 0.289. The van der Waals surface area contributed by atoms with E-state index in [2.05, 4.69) is 0 Å². The van der Waals surface area contributed by atoms with Crippen molar-refractivity contribution in [1.29, 1.82) is 0 Å². The molecule has 0 aliphatic rings. The fraction of sp³-hybridized carbons (Fsp3) is 0.172. The van der Waals surface area contributed by atoms with Gasteiger partial charge in [-0.05, 0) is 65.9 Å². The molecule has 7 heteroatoms. The number of aromatic hydroxyl groups is 3. The number of fused-ring (bicyclic) bond motifs is 2. The number of benzene rings is 3. The standard InChI is InChI=1S/C29H24O7/c1-3-15-8-10-21-19(12-15)26(31)24(28(33)35-21)23(17-6-5-7-18(30)14-17)25-27(32)20-13-16(4-2)9-11-22(20)36-29(25)34/h5-14,23,30-32H,3-4H2,1-2H3. The zero-order chi connectivity index (χ0) is 25.6. The molecule has 0 saturated carbocycles. The lowest BCUT2D eigenvalue weighted by Crippen LogP contribution is -2.21. The third kappa shape index (κ3) is 3.79. The first kappa shape index (κ1) is 23.2. The van der Waals surface area contributed by atoms with Crippen LogP contribution in [0.15, 0.2) is 79.1 Å². The highest BCUT2D eigenvalue weighted by Crippen LogP contribution is 2.42. The Morgan fingerprint density at radius 2 is 1.19 bits per heavy atom. The molecule has 0 radical (unpaired) electrons. The fourth-order valence-corrected chi connectivity index (χ4v) is 4.63. The van der Waals surface area contributed by atoms with Gasteiger partial charge >= 0.3 is 11.3 Å². The summed E-state index contributed by atoms with van der Waals surface area (Å²) in [7, 11) is 0. The van der Waals surface area contributed by atoms with Crippen LogP contribution in [0, 0.1) is 0 Å². The second-order valence-electron chi connectivity index (χ2n) is 8.70. The average Bonchev–Trinajstić information content (AvgIpc) is 2.87. The highest BCUT2D eigenvalue weighted by molar-refractivity contribution is 5.87. The smallest absolute Gasteiger partial charge is 0.344 e. The number of hydrogen-bond donors (Lipinski definition) is 3. The molecule has 0 amide bonds. The molecule has 0 atom stereocenters. The summed E-state index contributed by atoms with van der Waals surface area (Å²) in [5, 5.41) is 33.5. The maximum absolute atomic E-state index is 13.3. The molecule has 0 fully saturated rings. The summed E-state index contributed by atoms with van der Waals surface area (Å²) in [5.41, 5.74) is 0.254. The number of rotatable bonds is 5. The van der Waals surface area contributed by atoms with Crippen LogP contribution in [0.3, 0.4) is 0 Å². The molecule has 3 aromatic carbocycles. The van der Waals surface area contributed by atoms with E-state index in [1.165, 1.54) is 12.1 Å². The van der Waals surface area contributed by atoms with Crippen LogP contribution in [0.25, 0.3) is 21.9 Å². The molecule has 0 unspecified atom stereocenters. The van der Waals surface area contributed by atoms with Gasteiger partial charge in [0.15, 0.2) is 0 Å². The summed E-state index contributed by atoms with van der Waals surface area (Å²) in [5.74, 6) is -2.14. The Kier molecular flexibility index (Phi) is 5.76. The Hall–Kier alpha value is -4.52. The molecule has 5 aromatic rings. The van der Waals surface area contributed by atoms with Gasteiger partial charge in [-0.2, -0.15) is 0 Å². The van der Waals surface area contributed by atoms with Gasteiger partial charge in [0.1, 0.15) is 28.4 Å². The summed E-state index contributed by atoms with van der Waals surface area (Å²) >= 11 is 0. The molecule has 0 aliphatic heterocycles. The largest absolute Gasteiger partial charge is 0.508 e. The number of hydrogen-bond acceptors (Lipinski definition) is 7. The maximum atomic E-state index is 13.3. The van der Waals surface area contributed by atoms with E-state index in [0.29, 0.717) is 23.6 Å². The number of phenols is 1. The highest BCUT2D eigenvalue weighted by Gasteiger charge is 2.32. The van der Waals surface area contributed by atoms with Gasteiger partial charge in [-0.25, -0.2) is 9.59 Å². The van der Waals surface area contributed by atoms with Crippen molar-refractivity contribution in [1.82, 2.24) is 0 Å². The molecule has 2 aromatic heterocycles. The lowest BCUT2D eigenvalue weighted by molar-refractivity contribution is 0.440. The van der Waals surface area contributed by atoms with Crippen LogP contribution < -0.4 is 11.3 Å². The Labute approximate surface area is 205 Å². The van der Waals surface area contributed by atoms with Gasteiger partial charge in [-0.15, -0.1) is 0 Å². The van der Waals surface area contributed by atoms with Crippen LogP contribution in [0.5, 0.6) is 17.2 Å². The van der Waals surface area contributed by atoms with Gasteiger partial charge in [0.25, 0.3) is 0 Å². The van der Waals surface area contributed by atoms with Gasteiger partial charge in [0, 0.05) is 0 Å². The molecule has 3 N–H and O–H groups in total. The van der Waals surface area contributed by atoms with E-state index in [4.69, 9.17) is 8.83 Å². The zero-order valence-corrected chi connectivity index (χ0v) is 19.7. The molecular formula is C29H24O7. The van der Waals surface area contributed by atoms with Crippen molar-refractivity contribution in [2.75, 3.05) is 0 Å². The van der Waals surface area contributed by atoms with Crippen molar-refractivity contribution < 1.29 is 24.2 Å². The molecular weight excluding hydrogens is 460 g/mol. The van der Waals surface area contributed by atoms with Crippen molar-refractivity contribution in [3.8, 4) is 17.2 Å². The van der Waals surface area contributed by atoms with Crippen LogP contribution in [-0.2, 0) is 12.8 Å². The van der Waals surface area contributed by atoms with Crippen molar-refractivity contribution in [2.45, 2.75) is 32.6 Å². The van der Waals surface area contributed by atoms with Gasteiger partial charge in [-0.3, -0.25) is 0 Å². The fourth-order valence-electron chi connectivity index (χ4n) is 4.63. The van der Waals surface area contributed by atoms with Crippen LogP contribution in [0.4, 0.5) is 0 Å². The molecule has 182 valence electrons. The van der Waals surface area contributed by atoms with Gasteiger partial charge < -0.3 is 24.2 Å². The van der Waals surface area contributed by atoms with Crippen LogP contribution >= 0.6 is 0 Å².